The fraction of sp³-hybridized carbons (Fsp3) is 0.105. The summed E-state index contributed by atoms with van der Waals surface area (Å²) >= 11 is 4.88. The summed E-state index contributed by atoms with van der Waals surface area (Å²) in [5.41, 5.74) is 5.57. The Morgan fingerprint density at radius 2 is 2.11 bits per heavy atom. The van der Waals surface area contributed by atoms with Crippen LogP contribution in [0.15, 0.2) is 63.5 Å². The second kappa shape index (κ2) is 9.29. The van der Waals surface area contributed by atoms with Crippen molar-refractivity contribution in [2.75, 3.05) is 19.1 Å². The fourth-order valence-corrected chi connectivity index (χ4v) is 3.22. The summed E-state index contributed by atoms with van der Waals surface area (Å²) in [7, 11) is 1.32. The molecule has 0 atom stereocenters. The van der Waals surface area contributed by atoms with E-state index in [2.05, 4.69) is 36.2 Å². The van der Waals surface area contributed by atoms with Crippen LogP contribution in [0.25, 0.3) is 11.3 Å². The number of carbonyl (C=O) groups is 1. The van der Waals surface area contributed by atoms with Crippen molar-refractivity contribution in [3.63, 3.8) is 0 Å². The topological polar surface area (TPSA) is 72.8 Å². The summed E-state index contributed by atoms with van der Waals surface area (Å²) < 4.78 is 10.9. The van der Waals surface area contributed by atoms with E-state index in [4.69, 9.17) is 4.74 Å². The number of carbonyl (C=O) groups excluding carboxylic acids is 1. The van der Waals surface area contributed by atoms with Crippen LogP contribution < -0.4 is 10.2 Å². The highest BCUT2D eigenvalue weighted by Gasteiger charge is 2.07. The first kappa shape index (κ1) is 19.1. The van der Waals surface area contributed by atoms with Crippen molar-refractivity contribution >= 4 is 44.6 Å². The highest BCUT2D eigenvalue weighted by Crippen LogP contribution is 2.25. The number of hydrazone groups is 1. The average molecular weight is 446 g/mol. The summed E-state index contributed by atoms with van der Waals surface area (Å²) in [6, 6.07) is 15.4. The van der Waals surface area contributed by atoms with Gasteiger partial charge in [-0.15, -0.1) is 11.3 Å². The van der Waals surface area contributed by atoms with Gasteiger partial charge in [0.1, 0.15) is 5.75 Å². The number of ether oxygens (including phenoxy) is 2. The molecule has 1 aromatic heterocycles. The van der Waals surface area contributed by atoms with Crippen molar-refractivity contribution in [3.8, 4) is 17.0 Å². The van der Waals surface area contributed by atoms with Crippen molar-refractivity contribution in [2.24, 2.45) is 5.10 Å². The van der Waals surface area contributed by atoms with E-state index < -0.39 is 5.97 Å². The van der Waals surface area contributed by atoms with Crippen molar-refractivity contribution in [1.29, 1.82) is 0 Å². The molecule has 0 amide bonds. The summed E-state index contributed by atoms with van der Waals surface area (Å²) in [4.78, 5) is 15.8. The number of halogens is 1. The third kappa shape index (κ3) is 5.38. The van der Waals surface area contributed by atoms with Gasteiger partial charge < -0.3 is 9.47 Å². The first-order valence-electron chi connectivity index (χ1n) is 7.95. The molecule has 27 heavy (non-hydrogen) atoms. The van der Waals surface area contributed by atoms with E-state index in [1.165, 1.54) is 18.4 Å². The second-order valence-corrected chi connectivity index (χ2v) is 7.09. The number of methoxy groups -OCH3 is 1. The predicted molar refractivity (Wildman–Crippen MR) is 110 cm³/mol. The quantitative estimate of drug-likeness (QED) is 0.327. The van der Waals surface area contributed by atoms with E-state index in [1.54, 1.807) is 12.3 Å². The fourth-order valence-electron chi connectivity index (χ4n) is 2.17. The van der Waals surface area contributed by atoms with Crippen LogP contribution in [-0.4, -0.2) is 30.9 Å². The Bertz CT molecular complexity index is 944. The SMILES string of the molecule is COC(=O)COc1ccc(Br)cc1C=NNc1nc(-c2ccccc2)cs1. The molecule has 1 heterocycles. The van der Waals surface area contributed by atoms with Gasteiger partial charge in [-0.25, -0.2) is 9.78 Å². The molecule has 0 radical (unpaired) electrons. The molecule has 0 spiro atoms. The molecule has 3 aromatic rings. The van der Waals surface area contributed by atoms with Crippen LogP contribution in [0, 0.1) is 0 Å². The third-order valence-electron chi connectivity index (χ3n) is 3.48. The van der Waals surface area contributed by atoms with Gasteiger partial charge in [0, 0.05) is 21.0 Å². The number of hydrogen-bond acceptors (Lipinski definition) is 7. The molecule has 0 aliphatic rings. The third-order valence-corrected chi connectivity index (χ3v) is 4.72. The number of esters is 1. The van der Waals surface area contributed by atoms with E-state index >= 15 is 0 Å². The standard InChI is InChI=1S/C19H16BrN3O3S/c1-25-18(24)11-26-17-8-7-15(20)9-14(17)10-21-23-19-22-16(12-27-19)13-5-3-2-4-6-13/h2-10,12H,11H2,1H3,(H,22,23). The zero-order valence-corrected chi connectivity index (χ0v) is 16.8. The Balaban J connectivity index is 1.68. The second-order valence-electron chi connectivity index (χ2n) is 5.32. The lowest BCUT2D eigenvalue weighted by molar-refractivity contribution is -0.142. The molecule has 3 rings (SSSR count). The number of hydrogen-bond donors (Lipinski definition) is 1. The lowest BCUT2D eigenvalue weighted by Crippen LogP contribution is -2.13. The number of nitrogens with one attached hydrogen (secondary N) is 1. The van der Waals surface area contributed by atoms with Gasteiger partial charge in [0.25, 0.3) is 0 Å². The van der Waals surface area contributed by atoms with Gasteiger partial charge in [0.15, 0.2) is 6.61 Å². The van der Waals surface area contributed by atoms with Crippen LogP contribution >= 0.6 is 27.3 Å². The number of thiazole rings is 1. The highest BCUT2D eigenvalue weighted by atomic mass is 79.9. The molecule has 0 saturated carbocycles. The van der Waals surface area contributed by atoms with Gasteiger partial charge in [0.05, 0.1) is 19.0 Å². The Labute approximate surface area is 169 Å². The van der Waals surface area contributed by atoms with E-state index in [-0.39, 0.29) is 6.61 Å². The maximum absolute atomic E-state index is 11.3. The van der Waals surface area contributed by atoms with Gasteiger partial charge in [-0.2, -0.15) is 5.10 Å². The van der Waals surface area contributed by atoms with E-state index in [0.29, 0.717) is 16.4 Å². The molecule has 0 aliphatic carbocycles. The first-order chi connectivity index (χ1) is 13.2. The van der Waals surface area contributed by atoms with Gasteiger partial charge in [0.2, 0.25) is 5.13 Å². The summed E-state index contributed by atoms with van der Waals surface area (Å²) in [5.74, 6) is 0.0772. The van der Waals surface area contributed by atoms with Gasteiger partial charge in [-0.05, 0) is 18.2 Å². The minimum Gasteiger partial charge on any atom is -0.481 e. The van der Waals surface area contributed by atoms with Crippen LogP contribution in [0.2, 0.25) is 0 Å². The lowest BCUT2D eigenvalue weighted by Gasteiger charge is -2.08. The van der Waals surface area contributed by atoms with Crippen LogP contribution in [0.1, 0.15) is 5.56 Å². The number of aromatic nitrogens is 1. The van der Waals surface area contributed by atoms with E-state index in [0.717, 1.165) is 15.7 Å². The van der Waals surface area contributed by atoms with Crippen LogP contribution in [0.5, 0.6) is 5.75 Å². The Morgan fingerprint density at radius 1 is 1.30 bits per heavy atom. The van der Waals surface area contributed by atoms with Crippen LogP contribution in [0.3, 0.4) is 0 Å². The molecule has 0 fully saturated rings. The Hall–Kier alpha value is -2.71. The van der Waals surface area contributed by atoms with Crippen molar-refractivity contribution in [2.45, 2.75) is 0 Å². The molecule has 0 saturated heterocycles. The Morgan fingerprint density at radius 3 is 2.89 bits per heavy atom. The number of benzene rings is 2. The number of nitrogens with zero attached hydrogens (tertiary/aromatic N) is 2. The molecule has 6 nitrogen and oxygen atoms in total. The molecular weight excluding hydrogens is 430 g/mol. The maximum Gasteiger partial charge on any atom is 0.343 e. The van der Waals surface area contributed by atoms with E-state index in [9.17, 15) is 4.79 Å². The number of anilines is 1. The first-order valence-corrected chi connectivity index (χ1v) is 9.62. The van der Waals surface area contributed by atoms with Gasteiger partial charge in [-0.1, -0.05) is 46.3 Å². The summed E-state index contributed by atoms with van der Waals surface area (Å²) in [6.45, 7) is -0.167. The zero-order chi connectivity index (χ0) is 19.1. The Kier molecular flexibility index (Phi) is 6.56. The minimum absolute atomic E-state index is 0.167. The lowest BCUT2D eigenvalue weighted by atomic mass is 10.2. The molecule has 0 unspecified atom stereocenters. The normalized spacial score (nSPS) is 10.7. The van der Waals surface area contributed by atoms with Crippen molar-refractivity contribution in [1.82, 2.24) is 4.98 Å². The molecule has 0 aliphatic heterocycles. The minimum atomic E-state index is -0.449. The maximum atomic E-state index is 11.3. The molecule has 2 aromatic carbocycles. The van der Waals surface area contributed by atoms with Crippen LogP contribution in [-0.2, 0) is 9.53 Å². The van der Waals surface area contributed by atoms with Crippen molar-refractivity contribution < 1.29 is 14.3 Å². The van der Waals surface area contributed by atoms with Gasteiger partial charge >= 0.3 is 5.97 Å². The van der Waals surface area contributed by atoms with E-state index in [1.807, 2.05) is 47.8 Å². The smallest absolute Gasteiger partial charge is 0.343 e. The summed E-state index contributed by atoms with van der Waals surface area (Å²) in [5, 5.41) is 6.87. The van der Waals surface area contributed by atoms with Gasteiger partial charge in [-0.3, -0.25) is 5.43 Å². The monoisotopic (exact) mass is 445 g/mol. The zero-order valence-electron chi connectivity index (χ0n) is 14.4. The highest BCUT2D eigenvalue weighted by molar-refractivity contribution is 9.10. The van der Waals surface area contributed by atoms with Crippen LogP contribution in [0.4, 0.5) is 5.13 Å². The largest absolute Gasteiger partial charge is 0.481 e. The predicted octanol–water partition coefficient (Wildman–Crippen LogP) is 4.57. The number of rotatable bonds is 7. The average Bonchev–Trinajstić information content (AvgIpc) is 3.16. The van der Waals surface area contributed by atoms with Crippen molar-refractivity contribution in [3.05, 3.63) is 63.9 Å². The molecule has 0 bridgehead atoms. The molecule has 1 N–H and O–H groups in total. The molecule has 138 valence electrons. The molecule has 8 heteroatoms. The molecular formula is C19H16BrN3O3S. The summed E-state index contributed by atoms with van der Waals surface area (Å²) in [6.07, 6.45) is 1.61.